The summed E-state index contributed by atoms with van der Waals surface area (Å²) >= 11 is 0. The van der Waals surface area contributed by atoms with Crippen molar-refractivity contribution in [3.63, 3.8) is 0 Å². The van der Waals surface area contributed by atoms with Gasteiger partial charge in [-0.1, -0.05) is 37.3 Å². The van der Waals surface area contributed by atoms with Crippen molar-refractivity contribution in [2.75, 3.05) is 19.1 Å². The number of halogens is 1. The van der Waals surface area contributed by atoms with Crippen LogP contribution in [0.5, 0.6) is 11.5 Å². The van der Waals surface area contributed by atoms with E-state index in [9.17, 15) is 14.0 Å². The van der Waals surface area contributed by atoms with Crippen LogP contribution in [0.3, 0.4) is 0 Å². The van der Waals surface area contributed by atoms with Crippen LogP contribution in [0.15, 0.2) is 72.8 Å². The zero-order valence-electron chi connectivity index (χ0n) is 18.9. The van der Waals surface area contributed by atoms with Crippen molar-refractivity contribution in [2.45, 2.75) is 25.9 Å². The van der Waals surface area contributed by atoms with E-state index in [1.807, 2.05) is 25.1 Å². The van der Waals surface area contributed by atoms with Gasteiger partial charge >= 0.3 is 0 Å². The van der Waals surface area contributed by atoms with Crippen LogP contribution in [-0.2, 0) is 11.3 Å². The Balaban J connectivity index is 1.91. The second-order valence-corrected chi connectivity index (χ2v) is 7.35. The van der Waals surface area contributed by atoms with Crippen LogP contribution >= 0.6 is 0 Å². The van der Waals surface area contributed by atoms with E-state index in [0.717, 1.165) is 5.56 Å². The third-order valence-electron chi connectivity index (χ3n) is 5.26. The van der Waals surface area contributed by atoms with Gasteiger partial charge in [0.2, 0.25) is 5.91 Å². The normalized spacial score (nSPS) is 11.4. The summed E-state index contributed by atoms with van der Waals surface area (Å²) in [5, 5.41) is 2.87. The molecule has 0 aromatic heterocycles. The number of rotatable bonds is 9. The summed E-state index contributed by atoms with van der Waals surface area (Å²) in [5.41, 5.74) is 1.72. The zero-order valence-corrected chi connectivity index (χ0v) is 18.9. The molecule has 0 fully saturated rings. The minimum absolute atomic E-state index is 0.225. The molecule has 0 radical (unpaired) electrons. The predicted molar refractivity (Wildman–Crippen MR) is 125 cm³/mol. The Morgan fingerprint density at radius 3 is 2.21 bits per heavy atom. The SMILES string of the molecule is CC[C@@H](C(=O)NCc1ccc(F)cc1)N(C(=O)c1ccc(OC)c(OC)c1)c1ccccc1. The van der Waals surface area contributed by atoms with E-state index < -0.39 is 6.04 Å². The number of hydrogen-bond acceptors (Lipinski definition) is 4. The number of nitrogens with zero attached hydrogens (tertiary/aromatic N) is 1. The van der Waals surface area contributed by atoms with E-state index in [0.29, 0.717) is 29.2 Å². The van der Waals surface area contributed by atoms with Crippen molar-refractivity contribution in [3.8, 4) is 11.5 Å². The molecule has 2 amide bonds. The van der Waals surface area contributed by atoms with Crippen LogP contribution in [0.1, 0.15) is 29.3 Å². The maximum atomic E-state index is 13.6. The monoisotopic (exact) mass is 450 g/mol. The fourth-order valence-corrected chi connectivity index (χ4v) is 3.53. The average molecular weight is 451 g/mol. The maximum absolute atomic E-state index is 13.6. The molecular formula is C26H27FN2O4. The van der Waals surface area contributed by atoms with Gasteiger partial charge in [-0.15, -0.1) is 0 Å². The van der Waals surface area contributed by atoms with E-state index >= 15 is 0 Å². The third kappa shape index (κ3) is 5.68. The first-order valence-electron chi connectivity index (χ1n) is 10.6. The van der Waals surface area contributed by atoms with Crippen molar-refractivity contribution >= 4 is 17.5 Å². The lowest BCUT2D eigenvalue weighted by Gasteiger charge is -2.30. The summed E-state index contributed by atoms with van der Waals surface area (Å²) in [6, 6.07) is 19.1. The highest BCUT2D eigenvalue weighted by molar-refractivity contribution is 6.10. The zero-order chi connectivity index (χ0) is 23.8. The Hall–Kier alpha value is -3.87. The predicted octanol–water partition coefficient (Wildman–Crippen LogP) is 4.58. The van der Waals surface area contributed by atoms with Crippen LogP contribution in [0.4, 0.5) is 10.1 Å². The molecule has 6 nitrogen and oxygen atoms in total. The van der Waals surface area contributed by atoms with E-state index in [-0.39, 0.29) is 24.2 Å². The van der Waals surface area contributed by atoms with Gasteiger partial charge in [-0.3, -0.25) is 14.5 Å². The Morgan fingerprint density at radius 2 is 1.61 bits per heavy atom. The molecule has 1 atom stereocenters. The lowest BCUT2D eigenvalue weighted by atomic mass is 10.1. The number of nitrogens with one attached hydrogen (secondary N) is 1. The Labute approximate surface area is 192 Å². The number of benzene rings is 3. The fourth-order valence-electron chi connectivity index (χ4n) is 3.53. The van der Waals surface area contributed by atoms with Crippen molar-refractivity contribution < 1.29 is 23.5 Å². The Morgan fingerprint density at radius 1 is 0.939 bits per heavy atom. The molecule has 0 unspecified atom stereocenters. The standard InChI is InChI=1S/C26H27FN2O4/c1-4-22(25(30)28-17-18-10-13-20(27)14-11-18)29(21-8-6-5-7-9-21)26(31)19-12-15-23(32-2)24(16-19)33-3/h5-16,22H,4,17H2,1-3H3,(H,28,30)/t22-/m0/s1. The number of anilines is 1. The average Bonchev–Trinajstić information content (AvgIpc) is 2.86. The van der Waals surface area contributed by atoms with Crippen LogP contribution in [-0.4, -0.2) is 32.1 Å². The van der Waals surface area contributed by atoms with Crippen molar-refractivity contribution in [3.05, 3.63) is 89.7 Å². The van der Waals surface area contributed by atoms with Crippen molar-refractivity contribution in [1.29, 1.82) is 0 Å². The molecule has 3 aromatic rings. The summed E-state index contributed by atoms with van der Waals surface area (Å²) in [6.07, 6.45) is 0.392. The third-order valence-corrected chi connectivity index (χ3v) is 5.26. The van der Waals surface area contributed by atoms with E-state index in [2.05, 4.69) is 5.32 Å². The number of carbonyl (C=O) groups is 2. The number of ether oxygens (including phenoxy) is 2. The topological polar surface area (TPSA) is 67.9 Å². The van der Waals surface area contributed by atoms with Crippen LogP contribution in [0.2, 0.25) is 0 Å². The van der Waals surface area contributed by atoms with Gasteiger partial charge in [0.15, 0.2) is 11.5 Å². The summed E-state index contributed by atoms with van der Waals surface area (Å²) in [7, 11) is 3.02. The molecule has 0 aliphatic heterocycles. The largest absolute Gasteiger partial charge is 0.493 e. The highest BCUT2D eigenvalue weighted by Crippen LogP contribution is 2.30. The molecule has 0 aliphatic rings. The molecular weight excluding hydrogens is 423 g/mol. The Kier molecular flexibility index (Phi) is 8.02. The summed E-state index contributed by atoms with van der Waals surface area (Å²) in [5.74, 6) is -0.0627. The minimum Gasteiger partial charge on any atom is -0.493 e. The molecule has 3 rings (SSSR count). The van der Waals surface area contributed by atoms with E-state index in [4.69, 9.17) is 9.47 Å². The van der Waals surface area contributed by atoms with Gasteiger partial charge in [0.1, 0.15) is 11.9 Å². The molecule has 1 N–H and O–H groups in total. The second kappa shape index (κ2) is 11.1. The highest BCUT2D eigenvalue weighted by atomic mass is 19.1. The van der Waals surface area contributed by atoms with Crippen molar-refractivity contribution in [1.82, 2.24) is 5.32 Å². The lowest BCUT2D eigenvalue weighted by Crippen LogP contribution is -2.49. The molecule has 33 heavy (non-hydrogen) atoms. The fraction of sp³-hybridized carbons (Fsp3) is 0.231. The number of para-hydroxylation sites is 1. The van der Waals surface area contributed by atoms with Crippen molar-refractivity contribution in [2.24, 2.45) is 0 Å². The van der Waals surface area contributed by atoms with E-state index in [1.165, 1.54) is 31.3 Å². The number of amides is 2. The number of hydrogen-bond donors (Lipinski definition) is 1. The number of carbonyl (C=O) groups excluding carboxylic acids is 2. The molecule has 7 heteroatoms. The van der Waals surface area contributed by atoms with Gasteiger partial charge in [0.25, 0.3) is 5.91 Å². The quantitative estimate of drug-likeness (QED) is 0.518. The molecule has 0 spiro atoms. The molecule has 0 heterocycles. The molecule has 0 bridgehead atoms. The molecule has 0 saturated carbocycles. The smallest absolute Gasteiger partial charge is 0.259 e. The second-order valence-electron chi connectivity index (χ2n) is 7.35. The molecule has 172 valence electrons. The van der Waals surface area contributed by atoms with Crippen LogP contribution < -0.4 is 19.7 Å². The van der Waals surface area contributed by atoms with Gasteiger partial charge in [-0.05, 0) is 54.4 Å². The van der Waals surface area contributed by atoms with E-state index in [1.54, 1.807) is 42.5 Å². The van der Waals surface area contributed by atoms with Crippen LogP contribution in [0.25, 0.3) is 0 Å². The minimum atomic E-state index is -0.756. The molecule has 0 aliphatic carbocycles. The van der Waals surface area contributed by atoms with Gasteiger partial charge in [-0.2, -0.15) is 0 Å². The molecule has 0 saturated heterocycles. The van der Waals surface area contributed by atoms with Crippen LogP contribution in [0, 0.1) is 5.82 Å². The Bertz CT molecular complexity index is 1090. The summed E-state index contributed by atoms with van der Waals surface area (Å²) < 4.78 is 23.8. The van der Waals surface area contributed by atoms with Gasteiger partial charge in [0.05, 0.1) is 14.2 Å². The summed E-state index contributed by atoms with van der Waals surface area (Å²) in [6.45, 7) is 2.07. The molecule has 3 aromatic carbocycles. The lowest BCUT2D eigenvalue weighted by molar-refractivity contribution is -0.122. The highest BCUT2D eigenvalue weighted by Gasteiger charge is 2.31. The maximum Gasteiger partial charge on any atom is 0.259 e. The first-order valence-corrected chi connectivity index (χ1v) is 10.6. The summed E-state index contributed by atoms with van der Waals surface area (Å²) in [4.78, 5) is 28.3. The van der Waals surface area contributed by atoms with Gasteiger partial charge in [-0.25, -0.2) is 4.39 Å². The van der Waals surface area contributed by atoms with Gasteiger partial charge in [0, 0.05) is 17.8 Å². The first-order chi connectivity index (χ1) is 16.0. The number of methoxy groups -OCH3 is 2. The first kappa shape index (κ1) is 23.8. The van der Waals surface area contributed by atoms with Gasteiger partial charge < -0.3 is 14.8 Å².